The van der Waals surface area contributed by atoms with Gasteiger partial charge in [0.1, 0.15) is 11.9 Å². The maximum Gasteiger partial charge on any atom is 0.323 e. The number of ether oxygens (including phenoxy) is 1. The van der Waals surface area contributed by atoms with Gasteiger partial charge < -0.3 is 30.5 Å². The van der Waals surface area contributed by atoms with Crippen LogP contribution in [0.3, 0.4) is 0 Å². The number of carbonyl (C=O) groups is 1. The number of aliphatic carboxylic acids is 1. The van der Waals surface area contributed by atoms with Gasteiger partial charge >= 0.3 is 5.97 Å². The molecule has 11 heteroatoms. The van der Waals surface area contributed by atoms with Crippen molar-refractivity contribution in [1.29, 1.82) is 0 Å². The molecule has 0 radical (unpaired) electrons. The Morgan fingerprint density at radius 1 is 1.12 bits per heavy atom. The summed E-state index contributed by atoms with van der Waals surface area (Å²) in [6.45, 7) is 5.29. The van der Waals surface area contributed by atoms with Crippen molar-refractivity contribution in [3.8, 4) is 11.3 Å². The number of nitrogens with zero attached hydrogens (tertiary/aromatic N) is 4. The SMILES string of the molecule is CN(CCCN)Cc1ccc(-c2ccnc(Cc3cc(CNC(CO)C(=O)O)cc(N4CCOCC4)c3)n2)cc1.S. The first-order chi connectivity index (χ1) is 19.4. The van der Waals surface area contributed by atoms with E-state index in [4.69, 9.17) is 15.5 Å². The predicted molar refractivity (Wildman–Crippen MR) is 165 cm³/mol. The maximum absolute atomic E-state index is 11.4. The smallest absolute Gasteiger partial charge is 0.323 e. The number of hydrogen-bond donors (Lipinski definition) is 4. The van der Waals surface area contributed by atoms with E-state index in [9.17, 15) is 15.0 Å². The average Bonchev–Trinajstić information content (AvgIpc) is 2.97. The Balaban J connectivity index is 0.00000462. The first-order valence-electron chi connectivity index (χ1n) is 13.8. The highest BCUT2D eigenvalue weighted by Gasteiger charge is 2.17. The third-order valence-electron chi connectivity index (χ3n) is 6.96. The van der Waals surface area contributed by atoms with Crippen LogP contribution in [0.15, 0.2) is 54.7 Å². The highest BCUT2D eigenvalue weighted by atomic mass is 32.1. The summed E-state index contributed by atoms with van der Waals surface area (Å²) >= 11 is 0. The molecule has 0 saturated carbocycles. The molecule has 1 unspecified atom stereocenters. The lowest BCUT2D eigenvalue weighted by atomic mass is 10.0. The van der Waals surface area contributed by atoms with E-state index in [1.165, 1.54) is 5.56 Å². The lowest BCUT2D eigenvalue weighted by Gasteiger charge is -2.29. The van der Waals surface area contributed by atoms with Gasteiger partial charge in [-0.2, -0.15) is 13.5 Å². The van der Waals surface area contributed by atoms with Gasteiger partial charge in [-0.05, 0) is 61.4 Å². The molecule has 1 atom stereocenters. The largest absolute Gasteiger partial charge is 0.480 e. The molecule has 1 saturated heterocycles. The maximum atomic E-state index is 11.4. The summed E-state index contributed by atoms with van der Waals surface area (Å²) < 4.78 is 5.52. The van der Waals surface area contributed by atoms with Crippen molar-refractivity contribution in [3.05, 3.63) is 77.2 Å². The molecule has 1 fully saturated rings. The number of carboxylic acids is 1. The van der Waals surface area contributed by atoms with Crippen molar-refractivity contribution in [3.63, 3.8) is 0 Å². The van der Waals surface area contributed by atoms with Gasteiger partial charge in [-0.3, -0.25) is 10.1 Å². The Labute approximate surface area is 249 Å². The zero-order valence-electron chi connectivity index (χ0n) is 23.6. The van der Waals surface area contributed by atoms with Crippen LogP contribution in [0.2, 0.25) is 0 Å². The molecule has 2 heterocycles. The van der Waals surface area contributed by atoms with Crippen LogP contribution in [-0.2, 0) is 29.0 Å². The van der Waals surface area contributed by atoms with E-state index < -0.39 is 18.6 Å². The normalized spacial score (nSPS) is 14.1. The van der Waals surface area contributed by atoms with Gasteiger partial charge in [-0.25, -0.2) is 9.97 Å². The summed E-state index contributed by atoms with van der Waals surface area (Å²) in [5, 5.41) is 21.6. The molecule has 3 aromatic rings. The topological polar surface area (TPSA) is 137 Å². The second-order valence-electron chi connectivity index (χ2n) is 10.2. The van der Waals surface area contributed by atoms with Crippen LogP contribution in [0.25, 0.3) is 11.3 Å². The first-order valence-corrected chi connectivity index (χ1v) is 13.8. The third-order valence-corrected chi connectivity index (χ3v) is 6.96. The second-order valence-corrected chi connectivity index (χ2v) is 10.2. The summed E-state index contributed by atoms with van der Waals surface area (Å²) in [4.78, 5) is 25.3. The van der Waals surface area contributed by atoms with Gasteiger partial charge in [-0.15, -0.1) is 0 Å². The van der Waals surface area contributed by atoms with Crippen LogP contribution in [0.4, 0.5) is 5.69 Å². The van der Waals surface area contributed by atoms with Crippen LogP contribution in [0.5, 0.6) is 0 Å². The van der Waals surface area contributed by atoms with Crippen molar-refractivity contribution in [1.82, 2.24) is 20.2 Å². The Hall–Kier alpha value is -3.06. The number of anilines is 1. The minimum absolute atomic E-state index is 0. The summed E-state index contributed by atoms with van der Waals surface area (Å²) in [6, 6.07) is 15.6. The molecule has 0 amide bonds. The van der Waals surface area contributed by atoms with Gasteiger partial charge in [0, 0.05) is 50.0 Å². The summed E-state index contributed by atoms with van der Waals surface area (Å²) in [7, 11) is 2.10. The molecule has 1 aliphatic rings. The molecule has 0 spiro atoms. The predicted octanol–water partition coefficient (Wildman–Crippen LogP) is 2.00. The number of rotatable bonds is 14. The third kappa shape index (κ3) is 9.77. The van der Waals surface area contributed by atoms with E-state index in [1.54, 1.807) is 6.20 Å². The van der Waals surface area contributed by atoms with Crippen molar-refractivity contribution in [2.24, 2.45) is 5.73 Å². The molecular formula is C30H42N6O4S. The molecule has 0 aliphatic carbocycles. The number of nitrogens with one attached hydrogen (secondary N) is 1. The zero-order valence-corrected chi connectivity index (χ0v) is 24.6. The van der Waals surface area contributed by atoms with Crippen molar-refractivity contribution >= 4 is 25.2 Å². The van der Waals surface area contributed by atoms with Crippen molar-refractivity contribution in [2.75, 3.05) is 57.9 Å². The number of benzene rings is 2. The number of hydrogen-bond acceptors (Lipinski definition) is 9. The van der Waals surface area contributed by atoms with Crippen LogP contribution in [-0.4, -0.2) is 90.1 Å². The number of aliphatic hydroxyl groups excluding tert-OH is 1. The van der Waals surface area contributed by atoms with E-state index >= 15 is 0 Å². The summed E-state index contributed by atoms with van der Waals surface area (Å²) in [6.07, 6.45) is 3.31. The fraction of sp³-hybridized carbons (Fsp3) is 0.433. The van der Waals surface area contributed by atoms with Gasteiger partial charge in [0.2, 0.25) is 0 Å². The Bertz CT molecular complexity index is 1240. The zero-order chi connectivity index (χ0) is 28.3. The first kappa shape index (κ1) is 32.5. The Morgan fingerprint density at radius 3 is 2.54 bits per heavy atom. The lowest BCUT2D eigenvalue weighted by Crippen LogP contribution is -2.39. The standard InChI is InChI=1S/C30H40N6O4.H2S/c1-35(10-2-8-31)20-22-3-5-25(6-4-22)27-7-9-32-29(34-27)18-23-15-24(19-33-28(21-37)30(38)39)17-26(16-23)36-11-13-40-14-12-36;/h3-7,9,15-17,28,33,37H,2,8,10-14,18-21,31H2,1H3,(H,38,39);1H2. The second kappa shape index (κ2) is 16.4. The molecule has 1 aromatic heterocycles. The number of aromatic nitrogens is 2. The van der Waals surface area contributed by atoms with Gasteiger partial charge in [0.05, 0.1) is 25.5 Å². The molecule has 1 aliphatic heterocycles. The van der Waals surface area contributed by atoms with E-state index in [-0.39, 0.29) is 13.5 Å². The van der Waals surface area contributed by atoms with Crippen molar-refractivity contribution < 1.29 is 19.7 Å². The Kier molecular flexibility index (Phi) is 13.0. The number of nitrogens with two attached hydrogens (primary N) is 1. The number of morpholine rings is 1. The van der Waals surface area contributed by atoms with E-state index in [0.29, 0.717) is 38.5 Å². The molecule has 41 heavy (non-hydrogen) atoms. The number of aliphatic hydroxyl groups is 1. The minimum atomic E-state index is -1.08. The highest BCUT2D eigenvalue weighted by Crippen LogP contribution is 2.23. The molecule has 2 aromatic carbocycles. The highest BCUT2D eigenvalue weighted by molar-refractivity contribution is 7.59. The quantitative estimate of drug-likeness (QED) is 0.223. The summed E-state index contributed by atoms with van der Waals surface area (Å²) in [5.74, 6) is -0.371. The lowest BCUT2D eigenvalue weighted by molar-refractivity contribution is -0.140. The fourth-order valence-corrected chi connectivity index (χ4v) is 4.78. The van der Waals surface area contributed by atoms with Crippen molar-refractivity contribution in [2.45, 2.75) is 32.0 Å². The monoisotopic (exact) mass is 582 g/mol. The molecule has 10 nitrogen and oxygen atoms in total. The molecule has 0 bridgehead atoms. The van der Waals surface area contributed by atoms with Crippen LogP contribution in [0, 0.1) is 0 Å². The van der Waals surface area contributed by atoms with Gasteiger partial charge in [0.15, 0.2) is 0 Å². The molecule has 222 valence electrons. The number of carboxylic acid groups (broad SMARTS) is 1. The molecular weight excluding hydrogens is 540 g/mol. The average molecular weight is 583 g/mol. The van der Waals surface area contributed by atoms with Crippen LogP contribution >= 0.6 is 13.5 Å². The minimum Gasteiger partial charge on any atom is -0.480 e. The van der Waals surface area contributed by atoms with E-state index in [1.807, 2.05) is 12.1 Å². The van der Waals surface area contributed by atoms with Gasteiger partial charge in [-0.1, -0.05) is 30.3 Å². The molecule has 5 N–H and O–H groups in total. The molecule has 4 rings (SSSR count). The van der Waals surface area contributed by atoms with Gasteiger partial charge in [0.25, 0.3) is 0 Å². The van der Waals surface area contributed by atoms with E-state index in [2.05, 4.69) is 63.5 Å². The fourth-order valence-electron chi connectivity index (χ4n) is 4.78. The van der Waals surface area contributed by atoms with Crippen LogP contribution < -0.4 is 16.0 Å². The van der Waals surface area contributed by atoms with E-state index in [0.717, 1.165) is 60.7 Å². The Morgan fingerprint density at radius 2 is 1.85 bits per heavy atom. The van der Waals surface area contributed by atoms with Crippen LogP contribution in [0.1, 0.15) is 28.9 Å². The summed E-state index contributed by atoms with van der Waals surface area (Å²) in [5.41, 5.74) is 11.8.